The molecule has 2 aliphatic rings. The van der Waals surface area contributed by atoms with Crippen LogP contribution in [0.15, 0.2) is 24.4 Å². The Morgan fingerprint density at radius 1 is 1.29 bits per heavy atom. The number of halogens is 1. The number of aromatic nitrogens is 3. The van der Waals surface area contributed by atoms with Gasteiger partial charge in [0.2, 0.25) is 0 Å². The molecule has 106 valence electrons. The second-order valence-corrected chi connectivity index (χ2v) is 5.60. The van der Waals surface area contributed by atoms with E-state index >= 15 is 0 Å². The summed E-state index contributed by atoms with van der Waals surface area (Å²) in [6.45, 7) is 0. The molecule has 2 aromatic heterocycles. The van der Waals surface area contributed by atoms with E-state index < -0.39 is 0 Å². The van der Waals surface area contributed by atoms with Crippen LogP contribution >= 0.6 is 11.6 Å². The Bertz CT molecular complexity index is 746. The van der Waals surface area contributed by atoms with Crippen molar-refractivity contribution in [2.75, 3.05) is 16.8 Å². The third-order valence-corrected chi connectivity index (χ3v) is 3.96. The molecule has 21 heavy (non-hydrogen) atoms. The van der Waals surface area contributed by atoms with Gasteiger partial charge in [-0.05, 0) is 31.0 Å². The number of pyridine rings is 1. The van der Waals surface area contributed by atoms with Crippen molar-refractivity contribution in [2.24, 2.45) is 0 Å². The second-order valence-electron chi connectivity index (χ2n) is 5.22. The normalized spacial score (nSPS) is 17.3. The molecule has 0 radical (unpaired) electrons. The van der Waals surface area contributed by atoms with Crippen LogP contribution in [0.4, 0.5) is 17.3 Å². The predicted octanol–water partition coefficient (Wildman–Crippen LogP) is 2.42. The number of hydrogen-bond donors (Lipinski definition) is 0. The Morgan fingerprint density at radius 3 is 2.86 bits per heavy atom. The molecule has 4 rings (SSSR count). The fourth-order valence-electron chi connectivity index (χ4n) is 2.60. The first kappa shape index (κ1) is 12.5. The molecule has 6 nitrogen and oxygen atoms in total. The van der Waals surface area contributed by atoms with Crippen LogP contribution in [0, 0.1) is 0 Å². The minimum atomic E-state index is -0.154. The lowest BCUT2D eigenvalue weighted by atomic mass is 10.2. The molecule has 7 heteroatoms. The molecule has 0 spiro atoms. The van der Waals surface area contributed by atoms with Crippen LogP contribution in [0.5, 0.6) is 0 Å². The van der Waals surface area contributed by atoms with Crippen LogP contribution in [-0.4, -0.2) is 34.2 Å². The number of nitrogens with zero attached hydrogens (tertiary/aromatic N) is 5. The maximum absolute atomic E-state index is 12.7. The van der Waals surface area contributed by atoms with Crippen molar-refractivity contribution in [3.05, 3.63) is 35.1 Å². The first-order chi connectivity index (χ1) is 10.2. The van der Waals surface area contributed by atoms with Crippen molar-refractivity contribution < 1.29 is 4.79 Å². The van der Waals surface area contributed by atoms with E-state index in [9.17, 15) is 4.79 Å². The SMILES string of the molecule is CN1C(=O)c2cc(Cl)nnc2N(C2CC2)c2ncccc21. The molecular formula is C14H12ClN5O. The molecule has 2 aromatic rings. The average Bonchev–Trinajstić information content (AvgIpc) is 3.32. The van der Waals surface area contributed by atoms with Crippen LogP contribution in [0.2, 0.25) is 5.15 Å². The summed E-state index contributed by atoms with van der Waals surface area (Å²) in [7, 11) is 1.73. The second kappa shape index (κ2) is 4.39. The molecule has 1 aliphatic carbocycles. The van der Waals surface area contributed by atoms with Crippen LogP contribution in [0.3, 0.4) is 0 Å². The highest BCUT2D eigenvalue weighted by molar-refractivity contribution is 6.30. The maximum atomic E-state index is 12.7. The Morgan fingerprint density at radius 2 is 2.10 bits per heavy atom. The topological polar surface area (TPSA) is 62.2 Å². The number of anilines is 3. The predicted molar refractivity (Wildman–Crippen MR) is 79.2 cm³/mol. The Labute approximate surface area is 126 Å². The minimum Gasteiger partial charge on any atom is -0.308 e. The maximum Gasteiger partial charge on any atom is 0.262 e. The van der Waals surface area contributed by atoms with Crippen LogP contribution in [-0.2, 0) is 0 Å². The van der Waals surface area contributed by atoms with Gasteiger partial charge in [-0.15, -0.1) is 10.2 Å². The van der Waals surface area contributed by atoms with Crippen molar-refractivity contribution in [3.8, 4) is 0 Å². The van der Waals surface area contributed by atoms with Gasteiger partial charge in [-0.25, -0.2) is 4.98 Å². The number of carbonyl (C=O) groups excluding carboxylic acids is 1. The van der Waals surface area contributed by atoms with E-state index in [1.54, 1.807) is 24.2 Å². The third kappa shape index (κ3) is 1.86. The Balaban J connectivity index is 2.02. The quantitative estimate of drug-likeness (QED) is 0.809. The number of fused-ring (bicyclic) bond motifs is 2. The Kier molecular flexibility index (Phi) is 2.62. The van der Waals surface area contributed by atoms with E-state index in [2.05, 4.69) is 15.2 Å². The van der Waals surface area contributed by atoms with Crippen molar-refractivity contribution >= 4 is 34.8 Å². The molecule has 1 fully saturated rings. The molecule has 1 saturated carbocycles. The molecule has 1 aliphatic heterocycles. The number of carbonyl (C=O) groups is 1. The van der Waals surface area contributed by atoms with Crippen LogP contribution in [0.1, 0.15) is 23.2 Å². The first-order valence-corrected chi connectivity index (χ1v) is 7.10. The Hall–Kier alpha value is -2.21. The lowest BCUT2D eigenvalue weighted by Crippen LogP contribution is -2.25. The van der Waals surface area contributed by atoms with E-state index in [0.29, 0.717) is 17.4 Å². The molecule has 0 unspecified atom stereocenters. The van der Waals surface area contributed by atoms with E-state index in [4.69, 9.17) is 11.6 Å². The van der Waals surface area contributed by atoms with Crippen molar-refractivity contribution in [1.82, 2.24) is 15.2 Å². The fraction of sp³-hybridized carbons (Fsp3) is 0.286. The van der Waals surface area contributed by atoms with Crippen molar-refractivity contribution in [2.45, 2.75) is 18.9 Å². The fourth-order valence-corrected chi connectivity index (χ4v) is 2.75. The highest BCUT2D eigenvalue weighted by Crippen LogP contribution is 2.44. The zero-order valence-electron chi connectivity index (χ0n) is 11.3. The van der Waals surface area contributed by atoms with Gasteiger partial charge >= 0.3 is 0 Å². The summed E-state index contributed by atoms with van der Waals surface area (Å²) in [6.07, 6.45) is 3.83. The molecule has 3 heterocycles. The summed E-state index contributed by atoms with van der Waals surface area (Å²) in [4.78, 5) is 20.7. The van der Waals surface area contributed by atoms with Gasteiger partial charge < -0.3 is 9.80 Å². The molecule has 1 amide bonds. The van der Waals surface area contributed by atoms with Crippen molar-refractivity contribution in [1.29, 1.82) is 0 Å². The lowest BCUT2D eigenvalue weighted by molar-refractivity contribution is 0.0994. The molecule has 0 N–H and O–H groups in total. The number of hydrogen-bond acceptors (Lipinski definition) is 5. The standard InChI is InChI=1S/C14H12ClN5O/c1-19-10-3-2-6-16-13(10)20(8-4-5-8)12-9(14(19)21)7-11(15)17-18-12/h2-3,6-8H,4-5H2,1H3. The molecular weight excluding hydrogens is 290 g/mol. The lowest BCUT2D eigenvalue weighted by Gasteiger charge is -2.23. The number of rotatable bonds is 1. The average molecular weight is 302 g/mol. The van der Waals surface area contributed by atoms with Gasteiger partial charge in [-0.2, -0.15) is 0 Å². The number of amides is 1. The summed E-state index contributed by atoms with van der Waals surface area (Å²) >= 11 is 5.92. The van der Waals surface area contributed by atoms with Crippen molar-refractivity contribution in [3.63, 3.8) is 0 Å². The summed E-state index contributed by atoms with van der Waals surface area (Å²) in [5.74, 6) is 1.13. The third-order valence-electron chi connectivity index (χ3n) is 3.78. The zero-order chi connectivity index (χ0) is 14.6. The van der Waals surface area contributed by atoms with E-state index in [1.165, 1.54) is 0 Å². The zero-order valence-corrected chi connectivity index (χ0v) is 12.1. The van der Waals surface area contributed by atoms with Gasteiger partial charge in [0.1, 0.15) is 0 Å². The smallest absolute Gasteiger partial charge is 0.262 e. The largest absolute Gasteiger partial charge is 0.308 e. The van der Waals surface area contributed by atoms with E-state index in [-0.39, 0.29) is 11.1 Å². The van der Waals surface area contributed by atoms with E-state index in [0.717, 1.165) is 24.3 Å². The molecule has 0 aromatic carbocycles. The van der Waals surface area contributed by atoms with Crippen LogP contribution in [0.25, 0.3) is 0 Å². The van der Waals surface area contributed by atoms with Gasteiger partial charge in [0.25, 0.3) is 5.91 Å². The van der Waals surface area contributed by atoms with Gasteiger partial charge in [-0.3, -0.25) is 4.79 Å². The molecule has 0 atom stereocenters. The summed E-state index contributed by atoms with van der Waals surface area (Å²) < 4.78 is 0. The minimum absolute atomic E-state index is 0.154. The summed E-state index contributed by atoms with van der Waals surface area (Å²) in [5, 5.41) is 8.28. The highest BCUT2D eigenvalue weighted by atomic mass is 35.5. The van der Waals surface area contributed by atoms with Crippen LogP contribution < -0.4 is 9.80 Å². The summed E-state index contributed by atoms with van der Waals surface area (Å²) in [6, 6.07) is 5.59. The first-order valence-electron chi connectivity index (χ1n) is 6.72. The van der Waals surface area contributed by atoms with Gasteiger partial charge in [0, 0.05) is 19.3 Å². The van der Waals surface area contributed by atoms with E-state index in [1.807, 2.05) is 17.0 Å². The molecule has 0 bridgehead atoms. The van der Waals surface area contributed by atoms with Gasteiger partial charge in [-0.1, -0.05) is 11.6 Å². The monoisotopic (exact) mass is 301 g/mol. The highest BCUT2D eigenvalue weighted by Gasteiger charge is 2.39. The van der Waals surface area contributed by atoms with Gasteiger partial charge in [0.15, 0.2) is 16.8 Å². The van der Waals surface area contributed by atoms with Gasteiger partial charge in [0.05, 0.1) is 11.3 Å². The summed E-state index contributed by atoms with van der Waals surface area (Å²) in [5.41, 5.74) is 1.23. The molecule has 0 saturated heterocycles.